The number of ether oxygens (including phenoxy) is 2. The number of nitrogens with one attached hydrogen (secondary N) is 1. The van der Waals surface area contributed by atoms with Crippen LogP contribution in [-0.2, 0) is 11.2 Å². The fourth-order valence-electron chi connectivity index (χ4n) is 3.30. The Hall–Kier alpha value is -3.02. The van der Waals surface area contributed by atoms with Crippen LogP contribution in [0.4, 0.5) is 5.69 Å². The first-order valence-corrected chi connectivity index (χ1v) is 8.25. The van der Waals surface area contributed by atoms with Crippen molar-refractivity contribution < 1.29 is 14.3 Å². The third kappa shape index (κ3) is 2.59. The number of carbonyl (C=O) groups excluding carboxylic acids is 1. The molecule has 0 aromatic heterocycles. The van der Waals surface area contributed by atoms with Gasteiger partial charge in [-0.25, -0.2) is 0 Å². The van der Waals surface area contributed by atoms with Crippen molar-refractivity contribution >= 4 is 17.2 Å². The molecule has 0 amide bonds. The summed E-state index contributed by atoms with van der Waals surface area (Å²) in [4.78, 5) is 12.3. The quantitative estimate of drug-likeness (QED) is 0.822. The lowest BCUT2D eigenvalue weighted by Crippen LogP contribution is -2.17. The lowest BCUT2D eigenvalue weighted by atomic mass is 9.88. The van der Waals surface area contributed by atoms with Crippen molar-refractivity contribution in [3.63, 3.8) is 0 Å². The van der Waals surface area contributed by atoms with Crippen molar-refractivity contribution in [1.82, 2.24) is 5.43 Å². The zero-order valence-corrected chi connectivity index (χ0v) is 14.1. The highest BCUT2D eigenvalue weighted by atomic mass is 16.7. The summed E-state index contributed by atoms with van der Waals surface area (Å²) in [5, 5.41) is 4.31. The summed E-state index contributed by atoms with van der Waals surface area (Å²) in [6.07, 6.45) is 0.368. The van der Waals surface area contributed by atoms with E-state index in [1.807, 2.05) is 37.3 Å². The molecule has 25 heavy (non-hydrogen) atoms. The van der Waals surface area contributed by atoms with Crippen molar-refractivity contribution in [2.24, 2.45) is 5.10 Å². The Morgan fingerprint density at radius 1 is 1.24 bits per heavy atom. The van der Waals surface area contributed by atoms with E-state index in [9.17, 15) is 4.79 Å². The number of hydrazone groups is 1. The fraction of sp³-hybridized carbons (Fsp3) is 0.263. The van der Waals surface area contributed by atoms with E-state index >= 15 is 0 Å². The molecule has 2 aliphatic rings. The third-order valence-corrected chi connectivity index (χ3v) is 4.37. The average Bonchev–Trinajstić information content (AvgIpc) is 2.81. The molecule has 4 rings (SSSR count). The molecule has 2 aromatic carbocycles. The molecular weight excluding hydrogens is 318 g/mol. The third-order valence-electron chi connectivity index (χ3n) is 4.37. The summed E-state index contributed by atoms with van der Waals surface area (Å²) in [6, 6.07) is 9.47. The standard InChI is InChI=1S/C19H19N3O3/c1-10(23)18-16-13(7-8-21-22-18)9-15-19(25-11(2)24-15)17(16)12-3-5-14(20)6-4-12/h3-6,9,11,21H,7-8,20H2,1-2H3. The summed E-state index contributed by atoms with van der Waals surface area (Å²) >= 11 is 0. The van der Waals surface area contributed by atoms with Crippen LogP contribution in [0.1, 0.15) is 25.0 Å². The van der Waals surface area contributed by atoms with Crippen LogP contribution in [0.15, 0.2) is 35.4 Å². The van der Waals surface area contributed by atoms with Gasteiger partial charge in [0.15, 0.2) is 17.3 Å². The van der Waals surface area contributed by atoms with E-state index in [1.54, 1.807) is 0 Å². The van der Waals surface area contributed by atoms with Gasteiger partial charge in [-0.1, -0.05) is 12.1 Å². The Kier molecular flexibility index (Phi) is 3.60. The number of ketones is 1. The van der Waals surface area contributed by atoms with E-state index < -0.39 is 0 Å². The Morgan fingerprint density at radius 3 is 2.72 bits per heavy atom. The molecule has 2 aromatic rings. The number of hydrogen-bond acceptors (Lipinski definition) is 6. The summed E-state index contributed by atoms with van der Waals surface area (Å²) < 4.78 is 11.7. The highest BCUT2D eigenvalue weighted by Crippen LogP contribution is 2.47. The minimum absolute atomic E-state index is 0.0979. The molecule has 128 valence electrons. The minimum Gasteiger partial charge on any atom is -0.451 e. The maximum absolute atomic E-state index is 12.3. The highest BCUT2D eigenvalue weighted by molar-refractivity contribution is 6.47. The summed E-state index contributed by atoms with van der Waals surface area (Å²) in [7, 11) is 0. The number of nitrogen functional groups attached to an aromatic ring is 1. The second kappa shape index (κ2) is 5.81. The van der Waals surface area contributed by atoms with Crippen molar-refractivity contribution in [3.05, 3.63) is 41.5 Å². The SMILES string of the molecule is CC(=O)C1=NNCCc2cc3c(c(-c4ccc(N)cc4)c21)OC(C)O3. The van der Waals surface area contributed by atoms with Gasteiger partial charge < -0.3 is 20.6 Å². The lowest BCUT2D eigenvalue weighted by Gasteiger charge is -2.16. The van der Waals surface area contributed by atoms with Gasteiger partial charge in [0.1, 0.15) is 5.71 Å². The number of carbonyl (C=O) groups is 1. The zero-order chi connectivity index (χ0) is 17.6. The van der Waals surface area contributed by atoms with E-state index in [1.165, 1.54) is 6.92 Å². The van der Waals surface area contributed by atoms with E-state index in [-0.39, 0.29) is 12.1 Å². The van der Waals surface area contributed by atoms with Gasteiger partial charge in [0.25, 0.3) is 0 Å². The molecule has 2 heterocycles. The second-order valence-electron chi connectivity index (χ2n) is 6.21. The van der Waals surface area contributed by atoms with E-state index in [0.29, 0.717) is 29.4 Å². The first-order valence-electron chi connectivity index (χ1n) is 8.25. The normalized spacial score (nSPS) is 18.0. The molecule has 0 fully saturated rings. The van der Waals surface area contributed by atoms with Crippen molar-refractivity contribution in [3.8, 4) is 22.6 Å². The van der Waals surface area contributed by atoms with Crippen LogP contribution in [0.2, 0.25) is 0 Å². The van der Waals surface area contributed by atoms with Crippen LogP contribution in [0.5, 0.6) is 11.5 Å². The smallest absolute Gasteiger partial charge is 0.238 e. The zero-order valence-electron chi connectivity index (χ0n) is 14.1. The van der Waals surface area contributed by atoms with E-state index in [0.717, 1.165) is 28.7 Å². The monoisotopic (exact) mass is 337 g/mol. The first kappa shape index (κ1) is 15.5. The minimum atomic E-state index is -0.371. The largest absolute Gasteiger partial charge is 0.451 e. The molecule has 0 saturated heterocycles. The maximum atomic E-state index is 12.3. The van der Waals surface area contributed by atoms with Crippen LogP contribution in [0, 0.1) is 0 Å². The lowest BCUT2D eigenvalue weighted by molar-refractivity contribution is -0.111. The molecule has 1 atom stereocenters. The van der Waals surface area contributed by atoms with Gasteiger partial charge in [-0.05, 0) is 35.7 Å². The predicted octanol–water partition coefficient (Wildman–Crippen LogP) is 2.49. The van der Waals surface area contributed by atoms with Crippen LogP contribution in [0.3, 0.4) is 0 Å². The van der Waals surface area contributed by atoms with Crippen LogP contribution in [0.25, 0.3) is 11.1 Å². The number of benzene rings is 2. The van der Waals surface area contributed by atoms with E-state index in [4.69, 9.17) is 15.2 Å². The van der Waals surface area contributed by atoms with Gasteiger partial charge in [0.05, 0.1) is 0 Å². The number of anilines is 1. The fourth-order valence-corrected chi connectivity index (χ4v) is 3.30. The molecule has 6 nitrogen and oxygen atoms in total. The number of nitrogens with two attached hydrogens (primary N) is 1. The topological polar surface area (TPSA) is 85.9 Å². The Morgan fingerprint density at radius 2 is 2.00 bits per heavy atom. The average molecular weight is 337 g/mol. The maximum Gasteiger partial charge on any atom is 0.238 e. The molecule has 6 heteroatoms. The first-order chi connectivity index (χ1) is 12.0. The Labute approximate surface area is 145 Å². The van der Waals surface area contributed by atoms with Gasteiger partial charge in [-0.3, -0.25) is 4.79 Å². The molecule has 3 N–H and O–H groups in total. The van der Waals surface area contributed by atoms with Crippen molar-refractivity contribution in [1.29, 1.82) is 0 Å². The molecule has 0 spiro atoms. The van der Waals surface area contributed by atoms with Gasteiger partial charge in [0, 0.05) is 37.2 Å². The molecular formula is C19H19N3O3. The van der Waals surface area contributed by atoms with Crippen LogP contribution < -0.4 is 20.6 Å². The molecule has 2 aliphatic heterocycles. The number of rotatable bonds is 2. The van der Waals surface area contributed by atoms with Gasteiger partial charge >= 0.3 is 0 Å². The van der Waals surface area contributed by atoms with Gasteiger partial charge in [0.2, 0.25) is 6.29 Å². The number of nitrogens with zero attached hydrogens (tertiary/aromatic N) is 1. The summed E-state index contributed by atoms with van der Waals surface area (Å²) in [5.41, 5.74) is 13.4. The number of hydrogen-bond donors (Lipinski definition) is 2. The van der Waals surface area contributed by atoms with Gasteiger partial charge in [-0.15, -0.1) is 0 Å². The second-order valence-corrected chi connectivity index (χ2v) is 6.21. The Balaban J connectivity index is 2.05. The van der Waals surface area contributed by atoms with Crippen LogP contribution >= 0.6 is 0 Å². The Bertz CT molecular complexity index is 888. The van der Waals surface area contributed by atoms with Crippen molar-refractivity contribution in [2.75, 3.05) is 12.3 Å². The van der Waals surface area contributed by atoms with Gasteiger partial charge in [-0.2, -0.15) is 5.10 Å². The summed E-state index contributed by atoms with van der Waals surface area (Å²) in [5.74, 6) is 1.24. The highest BCUT2D eigenvalue weighted by Gasteiger charge is 2.32. The molecule has 0 aliphatic carbocycles. The molecule has 0 bridgehead atoms. The van der Waals surface area contributed by atoms with Crippen molar-refractivity contribution in [2.45, 2.75) is 26.6 Å². The molecule has 0 saturated carbocycles. The predicted molar refractivity (Wildman–Crippen MR) is 95.9 cm³/mol. The molecule has 1 unspecified atom stereocenters. The molecule has 0 radical (unpaired) electrons. The van der Waals surface area contributed by atoms with Crippen LogP contribution in [-0.4, -0.2) is 24.3 Å². The summed E-state index contributed by atoms with van der Waals surface area (Å²) in [6.45, 7) is 4.02. The number of fused-ring (bicyclic) bond motifs is 2. The number of Topliss-reactive ketones (excluding diaryl/α,β-unsaturated/α-hetero) is 1. The van der Waals surface area contributed by atoms with E-state index in [2.05, 4.69) is 10.5 Å².